The van der Waals surface area contributed by atoms with Crippen LogP contribution >= 0.6 is 0 Å². The summed E-state index contributed by atoms with van der Waals surface area (Å²) in [5.74, 6) is 0. The Morgan fingerprint density at radius 1 is 1.08 bits per heavy atom. The van der Waals surface area contributed by atoms with E-state index < -0.39 is 0 Å². The zero-order valence-electron chi connectivity index (χ0n) is 8.58. The lowest BCUT2D eigenvalue weighted by Gasteiger charge is -2.32. The predicted octanol–water partition coefficient (Wildman–Crippen LogP) is 0.432. The highest BCUT2D eigenvalue weighted by Gasteiger charge is 2.12. The van der Waals surface area contributed by atoms with Crippen molar-refractivity contribution in [3.05, 3.63) is 0 Å². The highest BCUT2D eigenvalue weighted by Crippen LogP contribution is 1.97. The van der Waals surface area contributed by atoms with Crippen LogP contribution in [0.4, 0.5) is 0 Å². The zero-order chi connectivity index (χ0) is 8.97. The van der Waals surface area contributed by atoms with Gasteiger partial charge in [-0.15, -0.1) is 0 Å². The number of hydrogen-bond donors (Lipinski definition) is 0. The average molecular weight is 187 g/mol. The summed E-state index contributed by atoms with van der Waals surface area (Å²) in [6, 6.07) is 0. The third-order valence-corrected chi connectivity index (χ3v) is 2.46. The summed E-state index contributed by atoms with van der Waals surface area (Å²) in [6.45, 7) is 7.35. The number of likely N-dealkylation sites (N-methyl/N-ethyl adjacent to an activating group) is 2. The molecular formula is C10H25N3. The molecule has 0 aromatic heterocycles. The van der Waals surface area contributed by atoms with Crippen molar-refractivity contribution in [2.75, 3.05) is 60.4 Å². The molecule has 0 aromatic rings. The van der Waals surface area contributed by atoms with E-state index in [9.17, 15) is 0 Å². The van der Waals surface area contributed by atoms with E-state index in [-0.39, 0.29) is 7.43 Å². The van der Waals surface area contributed by atoms with Crippen LogP contribution in [0.5, 0.6) is 0 Å². The highest BCUT2D eigenvalue weighted by molar-refractivity contribution is 4.69. The van der Waals surface area contributed by atoms with Gasteiger partial charge in [0.1, 0.15) is 0 Å². The molecule has 1 saturated heterocycles. The molecule has 0 N–H and O–H groups in total. The van der Waals surface area contributed by atoms with Gasteiger partial charge in [-0.3, -0.25) is 4.90 Å². The molecule has 1 aliphatic heterocycles. The van der Waals surface area contributed by atoms with Crippen LogP contribution in [0, 0.1) is 0 Å². The van der Waals surface area contributed by atoms with Crippen LogP contribution in [-0.4, -0.2) is 75.1 Å². The Morgan fingerprint density at radius 2 is 1.62 bits per heavy atom. The van der Waals surface area contributed by atoms with Gasteiger partial charge in [0.25, 0.3) is 0 Å². The molecule has 1 fully saturated rings. The molecule has 1 rings (SSSR count). The van der Waals surface area contributed by atoms with Gasteiger partial charge in [-0.05, 0) is 21.1 Å². The van der Waals surface area contributed by atoms with Gasteiger partial charge < -0.3 is 9.80 Å². The second-order valence-corrected chi connectivity index (χ2v) is 3.95. The molecule has 0 spiro atoms. The molecule has 0 amide bonds. The van der Waals surface area contributed by atoms with Crippen molar-refractivity contribution in [1.82, 2.24) is 14.7 Å². The Balaban J connectivity index is 0.00000144. The van der Waals surface area contributed by atoms with Crippen molar-refractivity contribution in [1.29, 1.82) is 0 Å². The summed E-state index contributed by atoms with van der Waals surface area (Å²) in [5.41, 5.74) is 0. The van der Waals surface area contributed by atoms with Gasteiger partial charge in [-0.2, -0.15) is 0 Å². The van der Waals surface area contributed by atoms with Gasteiger partial charge in [0.15, 0.2) is 0 Å². The number of nitrogens with zero attached hydrogens (tertiary/aromatic N) is 3. The number of hydrogen-bond acceptors (Lipinski definition) is 3. The van der Waals surface area contributed by atoms with Crippen LogP contribution in [0.25, 0.3) is 0 Å². The van der Waals surface area contributed by atoms with Crippen LogP contribution in [0.15, 0.2) is 0 Å². The van der Waals surface area contributed by atoms with Crippen molar-refractivity contribution in [2.24, 2.45) is 0 Å². The molecule has 0 bridgehead atoms. The maximum atomic E-state index is 2.54. The van der Waals surface area contributed by atoms with E-state index in [1.165, 1.54) is 39.3 Å². The molecule has 1 heterocycles. The molecule has 13 heavy (non-hydrogen) atoms. The summed E-state index contributed by atoms with van der Waals surface area (Å²) >= 11 is 0. The van der Waals surface area contributed by atoms with E-state index in [0.29, 0.717) is 0 Å². The Bertz CT molecular complexity index is 117. The Labute approximate surface area is 83.3 Å². The second kappa shape index (κ2) is 6.35. The van der Waals surface area contributed by atoms with Gasteiger partial charge in [-0.25, -0.2) is 0 Å². The first-order valence-electron chi connectivity index (χ1n) is 4.74. The number of piperazine rings is 1. The van der Waals surface area contributed by atoms with Crippen LogP contribution in [0.3, 0.4) is 0 Å². The first kappa shape index (κ1) is 12.9. The monoisotopic (exact) mass is 187 g/mol. The molecule has 0 unspecified atom stereocenters. The van der Waals surface area contributed by atoms with Crippen LogP contribution in [-0.2, 0) is 0 Å². The largest absolute Gasteiger partial charge is 0.308 e. The van der Waals surface area contributed by atoms with E-state index >= 15 is 0 Å². The molecular weight excluding hydrogens is 162 g/mol. The van der Waals surface area contributed by atoms with Crippen molar-refractivity contribution in [2.45, 2.75) is 7.43 Å². The summed E-state index contributed by atoms with van der Waals surface area (Å²) in [7, 11) is 6.47. The van der Waals surface area contributed by atoms with Gasteiger partial charge >= 0.3 is 0 Å². The molecule has 0 aromatic carbocycles. The Morgan fingerprint density at radius 3 is 2.08 bits per heavy atom. The first-order valence-corrected chi connectivity index (χ1v) is 4.74. The zero-order valence-corrected chi connectivity index (χ0v) is 8.58. The van der Waals surface area contributed by atoms with E-state index in [1.807, 2.05) is 0 Å². The van der Waals surface area contributed by atoms with Crippen molar-refractivity contribution >= 4 is 0 Å². The van der Waals surface area contributed by atoms with E-state index in [0.717, 1.165) is 0 Å². The Kier molecular flexibility index (Phi) is 6.29. The standard InChI is InChI=1S/C9H21N3.CH4/c1-10(2)4-7-12-8-5-11(3)6-9-12;/h4-9H2,1-3H3;1H4. The molecule has 0 saturated carbocycles. The summed E-state index contributed by atoms with van der Waals surface area (Å²) in [4.78, 5) is 7.18. The minimum Gasteiger partial charge on any atom is -0.308 e. The fourth-order valence-corrected chi connectivity index (χ4v) is 1.41. The molecule has 3 nitrogen and oxygen atoms in total. The lowest BCUT2D eigenvalue weighted by atomic mass is 10.3. The number of rotatable bonds is 3. The summed E-state index contributed by atoms with van der Waals surface area (Å²) in [6.07, 6.45) is 0. The van der Waals surface area contributed by atoms with Gasteiger partial charge in [0.2, 0.25) is 0 Å². The molecule has 1 aliphatic rings. The maximum absolute atomic E-state index is 2.54. The maximum Gasteiger partial charge on any atom is 0.0110 e. The highest BCUT2D eigenvalue weighted by atomic mass is 15.3. The predicted molar refractivity (Wildman–Crippen MR) is 59.2 cm³/mol. The molecule has 0 atom stereocenters. The second-order valence-electron chi connectivity index (χ2n) is 3.95. The fourth-order valence-electron chi connectivity index (χ4n) is 1.41. The van der Waals surface area contributed by atoms with Crippen LogP contribution in [0.1, 0.15) is 7.43 Å². The minimum atomic E-state index is 0. The topological polar surface area (TPSA) is 9.72 Å². The van der Waals surface area contributed by atoms with Crippen molar-refractivity contribution in [3.63, 3.8) is 0 Å². The minimum absolute atomic E-state index is 0. The summed E-state index contributed by atoms with van der Waals surface area (Å²) < 4.78 is 0. The van der Waals surface area contributed by atoms with Crippen molar-refractivity contribution < 1.29 is 0 Å². The average Bonchev–Trinajstić information content (AvgIpc) is 2.03. The quantitative estimate of drug-likeness (QED) is 0.634. The van der Waals surface area contributed by atoms with Crippen molar-refractivity contribution in [3.8, 4) is 0 Å². The smallest absolute Gasteiger partial charge is 0.0110 e. The Hall–Kier alpha value is -0.120. The third-order valence-electron chi connectivity index (χ3n) is 2.46. The van der Waals surface area contributed by atoms with Crippen LogP contribution in [0.2, 0.25) is 0 Å². The molecule has 3 heteroatoms. The fraction of sp³-hybridized carbons (Fsp3) is 1.00. The van der Waals surface area contributed by atoms with E-state index in [2.05, 4.69) is 35.8 Å². The lowest BCUT2D eigenvalue weighted by Crippen LogP contribution is -2.46. The van der Waals surface area contributed by atoms with Gasteiger partial charge in [-0.1, -0.05) is 7.43 Å². The van der Waals surface area contributed by atoms with Gasteiger partial charge in [0, 0.05) is 39.3 Å². The van der Waals surface area contributed by atoms with E-state index in [4.69, 9.17) is 0 Å². The molecule has 0 aliphatic carbocycles. The van der Waals surface area contributed by atoms with Crippen LogP contribution < -0.4 is 0 Å². The SMILES string of the molecule is C.CN(C)CCN1CCN(C)CC1. The third kappa shape index (κ3) is 5.24. The molecule has 0 radical (unpaired) electrons. The lowest BCUT2D eigenvalue weighted by molar-refractivity contribution is 0.145. The normalized spacial score (nSPS) is 20.3. The van der Waals surface area contributed by atoms with E-state index in [1.54, 1.807) is 0 Å². The molecule has 80 valence electrons. The summed E-state index contributed by atoms with van der Waals surface area (Å²) in [5, 5.41) is 0. The van der Waals surface area contributed by atoms with Gasteiger partial charge in [0.05, 0.1) is 0 Å². The first-order chi connectivity index (χ1) is 5.68.